The molecule has 3 aromatic rings. The molecule has 0 spiro atoms. The van der Waals surface area contributed by atoms with Crippen LogP contribution in [0.4, 0.5) is 8.78 Å². The van der Waals surface area contributed by atoms with E-state index in [1.54, 1.807) is 36.0 Å². The Morgan fingerprint density at radius 2 is 1.76 bits per heavy atom. The van der Waals surface area contributed by atoms with Gasteiger partial charge in [-0.25, -0.2) is 4.79 Å². The summed E-state index contributed by atoms with van der Waals surface area (Å²) in [5.41, 5.74) is -0.679. The first kappa shape index (κ1) is 27.9. The molecule has 4 rings (SSSR count). The number of benzene rings is 1. The molecule has 0 fully saturated rings. The highest BCUT2D eigenvalue weighted by Crippen LogP contribution is 2.73. The number of halogens is 2. The molecule has 15 nitrogen and oxygen atoms in total. The number of ether oxygens (including phenoxy) is 1. The van der Waals surface area contributed by atoms with Crippen molar-refractivity contribution in [3.05, 3.63) is 74.6 Å². The maximum absolute atomic E-state index is 13.7. The van der Waals surface area contributed by atoms with Crippen LogP contribution in [0.15, 0.2) is 57.6 Å². The number of hydrogen-bond donors (Lipinski definition) is 5. The molecule has 0 saturated carbocycles. The van der Waals surface area contributed by atoms with Crippen molar-refractivity contribution in [1.82, 2.24) is 18.9 Å². The summed E-state index contributed by atoms with van der Waals surface area (Å²) in [6, 6.07) is 7.97. The van der Waals surface area contributed by atoms with Gasteiger partial charge in [-0.2, -0.15) is 13.9 Å². The summed E-state index contributed by atoms with van der Waals surface area (Å²) in [5, 5.41) is 19.9. The maximum atomic E-state index is 13.7. The summed E-state index contributed by atoms with van der Waals surface area (Å²) < 4.78 is 62.3. The van der Waals surface area contributed by atoms with Gasteiger partial charge in [0, 0.05) is 24.7 Å². The van der Waals surface area contributed by atoms with Gasteiger partial charge >= 0.3 is 26.3 Å². The number of aliphatic hydroxyl groups excluding tert-OH is 2. The molecule has 3 heterocycles. The molecular weight excluding hydrogens is 560 g/mol. The summed E-state index contributed by atoms with van der Waals surface area (Å²) in [6.45, 7) is -1.66. The fourth-order valence-electron chi connectivity index (χ4n) is 3.71. The minimum atomic E-state index is -6.42. The number of rotatable bonds is 8. The molecule has 19 heteroatoms. The lowest BCUT2D eigenvalue weighted by Gasteiger charge is -2.23. The van der Waals surface area contributed by atoms with Crippen molar-refractivity contribution in [2.45, 2.75) is 24.3 Å². The van der Waals surface area contributed by atoms with Gasteiger partial charge in [-0.1, -0.05) is 18.2 Å². The van der Waals surface area contributed by atoms with Crippen LogP contribution < -0.4 is 11.2 Å². The number of aromatic nitrogens is 4. The fraction of sp³-hybridized carbons (Fsp3) is 0.316. The topological polar surface area (TPSA) is 216 Å². The Kier molecular flexibility index (Phi) is 6.99. The minimum absolute atomic E-state index is 0.291. The Morgan fingerprint density at radius 1 is 1.11 bits per heavy atom. The van der Waals surface area contributed by atoms with E-state index in [1.165, 1.54) is 0 Å². The molecule has 5 N–H and O–H groups in total. The van der Waals surface area contributed by atoms with E-state index in [2.05, 4.69) is 9.62 Å². The molecule has 1 unspecified atom stereocenters. The van der Waals surface area contributed by atoms with Crippen LogP contribution in [-0.4, -0.2) is 61.9 Å². The summed E-state index contributed by atoms with van der Waals surface area (Å²) in [4.78, 5) is 52.3. The lowest BCUT2D eigenvalue weighted by molar-refractivity contribution is -0.0374. The lowest BCUT2D eigenvalue weighted by Crippen LogP contribution is -2.41. The zero-order valence-electron chi connectivity index (χ0n) is 19.2. The smallest absolute Gasteiger partial charge is 0.443 e. The third-order valence-corrected chi connectivity index (χ3v) is 9.10. The zero-order valence-corrected chi connectivity index (χ0v) is 20.9. The monoisotopic (exact) mass is 580 g/mol. The van der Waals surface area contributed by atoms with Crippen LogP contribution in [0.25, 0.3) is 10.9 Å². The van der Waals surface area contributed by atoms with E-state index in [4.69, 9.17) is 14.5 Å². The quantitative estimate of drug-likeness (QED) is 0.237. The first-order valence-electron chi connectivity index (χ1n) is 10.5. The number of hydrogen-bond acceptors (Lipinski definition) is 9. The molecule has 0 aliphatic carbocycles. The van der Waals surface area contributed by atoms with Crippen molar-refractivity contribution in [2.24, 2.45) is 7.05 Å². The molecule has 1 aromatic carbocycles. The van der Waals surface area contributed by atoms with Gasteiger partial charge in [0.15, 0.2) is 17.7 Å². The molecule has 1 aliphatic rings. The fourth-order valence-corrected chi connectivity index (χ4v) is 5.70. The van der Waals surface area contributed by atoms with E-state index < -0.39 is 62.3 Å². The second-order valence-corrected chi connectivity index (χ2v) is 12.0. The van der Waals surface area contributed by atoms with Crippen LogP contribution in [0.5, 0.6) is 0 Å². The molecule has 0 radical (unpaired) electrons. The lowest BCUT2D eigenvalue weighted by atomic mass is 10.2. The van der Waals surface area contributed by atoms with Crippen molar-refractivity contribution in [2.75, 3.05) is 6.61 Å². The minimum Gasteiger partial charge on any atom is -0.506 e. The van der Waals surface area contributed by atoms with Crippen molar-refractivity contribution in [3.8, 4) is 0 Å². The maximum Gasteiger partial charge on any atom is 0.443 e. The van der Waals surface area contributed by atoms with Crippen molar-refractivity contribution in [3.63, 3.8) is 0 Å². The molecule has 0 amide bonds. The van der Waals surface area contributed by atoms with E-state index in [1.807, 2.05) is 0 Å². The molecule has 38 heavy (non-hydrogen) atoms. The van der Waals surface area contributed by atoms with Gasteiger partial charge in [0.05, 0.1) is 24.4 Å². The first-order chi connectivity index (χ1) is 17.6. The summed E-state index contributed by atoms with van der Waals surface area (Å²) in [7, 11) is -11.1. The third-order valence-electron chi connectivity index (χ3n) is 5.68. The van der Waals surface area contributed by atoms with Gasteiger partial charge in [-0.3, -0.25) is 27.7 Å². The van der Waals surface area contributed by atoms with Crippen LogP contribution >= 0.6 is 15.2 Å². The Bertz CT molecular complexity index is 1660. The molecule has 0 bridgehead atoms. The number of alkyl halides is 2. The predicted molar refractivity (Wildman–Crippen MR) is 124 cm³/mol. The summed E-state index contributed by atoms with van der Waals surface area (Å²) >= 11 is 0. The Hall–Kier alpha value is -3.17. The standard InChI is InChI=1S/C19H20F2N4O11P2/c1-23-12-5-3-2-4-10(12)11(22-23)8-25-14(26)6-7-24(18(25)29)17-16(28)15(27)13(36-17)9-35-38(33,34)19(20,21)37(30,31)32/h2-7,13,17,27-28H,8-9H2,1H3,(H,33,34)(H2,30,31,32)/t13-,17-/m1/s1. The van der Waals surface area contributed by atoms with Gasteiger partial charge in [0.2, 0.25) is 0 Å². The molecular formula is C19H20F2N4O11P2. The second-order valence-electron chi connectivity index (χ2n) is 8.13. The van der Waals surface area contributed by atoms with Gasteiger partial charge < -0.3 is 34.2 Å². The molecule has 206 valence electrons. The summed E-state index contributed by atoms with van der Waals surface area (Å²) in [5.74, 6) is -2.08. The number of para-hydroxylation sites is 1. The highest BCUT2D eigenvalue weighted by molar-refractivity contribution is 7.72. The van der Waals surface area contributed by atoms with Gasteiger partial charge in [-0.15, -0.1) is 0 Å². The Morgan fingerprint density at radius 3 is 2.42 bits per heavy atom. The number of aliphatic hydroxyl groups is 2. The van der Waals surface area contributed by atoms with E-state index in [-0.39, 0.29) is 6.54 Å². The predicted octanol–water partition coefficient (Wildman–Crippen LogP) is 1.10. The third kappa shape index (κ3) is 4.62. The molecule has 2 aromatic heterocycles. The summed E-state index contributed by atoms with van der Waals surface area (Å²) in [6.07, 6.45) is -2.79. The van der Waals surface area contributed by atoms with Crippen LogP contribution in [0, 0.1) is 0 Å². The molecule has 3 atom stereocenters. The average Bonchev–Trinajstić information content (AvgIpc) is 3.30. The van der Waals surface area contributed by atoms with Crippen LogP contribution in [0.2, 0.25) is 0 Å². The zero-order chi connectivity index (χ0) is 28.2. The van der Waals surface area contributed by atoms with Crippen LogP contribution in [0.3, 0.4) is 0 Å². The SMILES string of the molecule is Cn1nc(Cn2c(=O)ccn([C@@H]3O[C@H](COP(=O)(O)C(F)(F)P(=O)(O)O)C(O)=C3O)c2=O)c2ccccc21. The van der Waals surface area contributed by atoms with Crippen molar-refractivity contribution in [1.29, 1.82) is 0 Å². The van der Waals surface area contributed by atoms with Crippen molar-refractivity contribution < 1.29 is 52.1 Å². The van der Waals surface area contributed by atoms with E-state index in [9.17, 15) is 42.6 Å². The van der Waals surface area contributed by atoms with E-state index in [0.717, 1.165) is 22.3 Å². The Balaban J connectivity index is 1.60. The van der Waals surface area contributed by atoms with Crippen LogP contribution in [0.1, 0.15) is 11.9 Å². The van der Waals surface area contributed by atoms with E-state index >= 15 is 0 Å². The normalized spacial score (nSPS) is 20.3. The van der Waals surface area contributed by atoms with Gasteiger partial charge in [0.25, 0.3) is 5.56 Å². The average molecular weight is 580 g/mol. The molecule has 1 aliphatic heterocycles. The first-order valence-corrected chi connectivity index (χ1v) is 13.7. The largest absolute Gasteiger partial charge is 0.506 e. The number of fused-ring (bicyclic) bond motifs is 1. The van der Waals surface area contributed by atoms with E-state index in [0.29, 0.717) is 15.6 Å². The number of aryl methyl sites for hydroxylation is 1. The Labute approximate surface area is 210 Å². The van der Waals surface area contributed by atoms with Gasteiger partial charge in [0.1, 0.15) is 6.10 Å². The van der Waals surface area contributed by atoms with Gasteiger partial charge in [-0.05, 0) is 6.07 Å². The number of nitrogens with zero attached hydrogens (tertiary/aromatic N) is 4. The second kappa shape index (κ2) is 9.54. The molecule has 0 saturated heterocycles. The van der Waals surface area contributed by atoms with Crippen LogP contribution in [-0.2, 0) is 32.0 Å². The highest BCUT2D eigenvalue weighted by atomic mass is 31.2. The highest BCUT2D eigenvalue weighted by Gasteiger charge is 2.65. The van der Waals surface area contributed by atoms with Crippen molar-refractivity contribution >= 4 is 26.1 Å².